The first kappa shape index (κ1) is 10.3. The van der Waals surface area contributed by atoms with Crippen LogP contribution in [0.25, 0.3) is 0 Å². The van der Waals surface area contributed by atoms with Gasteiger partial charge in [-0.05, 0) is 31.0 Å². The van der Waals surface area contributed by atoms with E-state index in [4.69, 9.17) is 15.2 Å². The number of hydrogen-bond acceptors (Lipinski definition) is 3. The Morgan fingerprint density at radius 1 is 1.40 bits per heavy atom. The Hall–Kier alpha value is -1.22. The molecule has 0 saturated heterocycles. The number of ether oxygens (including phenoxy) is 2. The lowest BCUT2D eigenvalue weighted by atomic mass is 10.1. The normalized spacial score (nSPS) is 23.7. The van der Waals surface area contributed by atoms with Gasteiger partial charge in [-0.2, -0.15) is 0 Å². The monoisotopic (exact) mass is 207 g/mol. The van der Waals surface area contributed by atoms with Gasteiger partial charge in [0.1, 0.15) is 0 Å². The molecule has 0 spiro atoms. The molecule has 2 atom stereocenters. The van der Waals surface area contributed by atoms with Crippen molar-refractivity contribution in [3.05, 3.63) is 23.8 Å². The average Bonchev–Trinajstić information content (AvgIpc) is 2.96. The van der Waals surface area contributed by atoms with Gasteiger partial charge in [0.25, 0.3) is 0 Å². The highest BCUT2D eigenvalue weighted by Crippen LogP contribution is 2.42. The van der Waals surface area contributed by atoms with Crippen molar-refractivity contribution in [2.45, 2.75) is 25.3 Å². The third-order valence-electron chi connectivity index (χ3n) is 2.76. The van der Waals surface area contributed by atoms with Crippen LogP contribution in [-0.2, 0) is 0 Å². The fourth-order valence-corrected chi connectivity index (χ4v) is 1.79. The van der Waals surface area contributed by atoms with Gasteiger partial charge in [-0.1, -0.05) is 6.07 Å². The zero-order valence-electron chi connectivity index (χ0n) is 9.19. The highest BCUT2D eigenvalue weighted by molar-refractivity contribution is 5.45. The second-order valence-corrected chi connectivity index (χ2v) is 3.85. The lowest BCUT2D eigenvalue weighted by Gasteiger charge is -2.10. The smallest absolute Gasteiger partial charge is 0.161 e. The molecule has 0 unspecified atom stereocenters. The number of methoxy groups -OCH3 is 1. The minimum absolute atomic E-state index is 0.327. The van der Waals surface area contributed by atoms with E-state index in [9.17, 15) is 0 Å². The van der Waals surface area contributed by atoms with Crippen LogP contribution in [0.1, 0.15) is 24.8 Å². The van der Waals surface area contributed by atoms with Crippen molar-refractivity contribution in [2.24, 2.45) is 5.73 Å². The van der Waals surface area contributed by atoms with Crippen LogP contribution in [0.15, 0.2) is 18.2 Å². The SMILES string of the molecule is CCOc1ccc([C@@H]2C[C@H]2N)cc1OC. The molecule has 1 saturated carbocycles. The van der Waals surface area contributed by atoms with Crippen LogP contribution < -0.4 is 15.2 Å². The summed E-state index contributed by atoms with van der Waals surface area (Å²) in [7, 11) is 1.66. The first-order chi connectivity index (χ1) is 7.26. The highest BCUT2D eigenvalue weighted by atomic mass is 16.5. The van der Waals surface area contributed by atoms with Gasteiger partial charge in [0.15, 0.2) is 11.5 Å². The van der Waals surface area contributed by atoms with Gasteiger partial charge in [0, 0.05) is 12.0 Å². The van der Waals surface area contributed by atoms with E-state index in [2.05, 4.69) is 6.07 Å². The van der Waals surface area contributed by atoms with Crippen LogP contribution in [-0.4, -0.2) is 19.8 Å². The molecule has 1 aromatic carbocycles. The summed E-state index contributed by atoms with van der Waals surface area (Å²) < 4.78 is 10.7. The Kier molecular flexibility index (Phi) is 2.82. The molecule has 2 N–H and O–H groups in total. The van der Waals surface area contributed by atoms with Crippen molar-refractivity contribution in [2.75, 3.05) is 13.7 Å². The molecule has 2 rings (SSSR count). The van der Waals surface area contributed by atoms with Gasteiger partial charge in [-0.15, -0.1) is 0 Å². The summed E-state index contributed by atoms with van der Waals surface area (Å²) >= 11 is 0. The van der Waals surface area contributed by atoms with E-state index in [0.717, 1.165) is 17.9 Å². The zero-order valence-corrected chi connectivity index (χ0v) is 9.19. The highest BCUT2D eigenvalue weighted by Gasteiger charge is 2.35. The largest absolute Gasteiger partial charge is 0.493 e. The number of nitrogens with two attached hydrogens (primary N) is 1. The molecule has 0 radical (unpaired) electrons. The van der Waals surface area contributed by atoms with Gasteiger partial charge >= 0.3 is 0 Å². The van der Waals surface area contributed by atoms with E-state index in [-0.39, 0.29) is 0 Å². The summed E-state index contributed by atoms with van der Waals surface area (Å²) in [5.74, 6) is 2.11. The molecule has 1 aliphatic carbocycles. The maximum Gasteiger partial charge on any atom is 0.161 e. The van der Waals surface area contributed by atoms with Crippen LogP contribution >= 0.6 is 0 Å². The third kappa shape index (κ3) is 2.07. The molecule has 1 aromatic rings. The van der Waals surface area contributed by atoms with Crippen LogP contribution in [0.3, 0.4) is 0 Å². The molecular formula is C12H17NO2. The van der Waals surface area contributed by atoms with Crippen LogP contribution in [0, 0.1) is 0 Å². The summed E-state index contributed by atoms with van der Waals surface area (Å²) in [4.78, 5) is 0. The maximum absolute atomic E-state index is 5.81. The Morgan fingerprint density at radius 3 is 2.67 bits per heavy atom. The molecule has 3 nitrogen and oxygen atoms in total. The van der Waals surface area contributed by atoms with Crippen LogP contribution in [0.2, 0.25) is 0 Å². The Labute approximate surface area is 90.2 Å². The molecule has 0 aliphatic heterocycles. The Morgan fingerprint density at radius 2 is 2.13 bits per heavy atom. The first-order valence-corrected chi connectivity index (χ1v) is 5.32. The molecule has 1 fully saturated rings. The molecule has 15 heavy (non-hydrogen) atoms. The van der Waals surface area contributed by atoms with Crippen molar-refractivity contribution in [3.8, 4) is 11.5 Å². The van der Waals surface area contributed by atoms with Crippen LogP contribution in [0.5, 0.6) is 11.5 Å². The van der Waals surface area contributed by atoms with E-state index in [0.29, 0.717) is 18.6 Å². The van der Waals surface area contributed by atoms with E-state index in [1.165, 1.54) is 5.56 Å². The molecule has 0 aromatic heterocycles. The van der Waals surface area contributed by atoms with E-state index >= 15 is 0 Å². The lowest BCUT2D eigenvalue weighted by Crippen LogP contribution is -2.01. The average molecular weight is 207 g/mol. The Balaban J connectivity index is 2.22. The summed E-state index contributed by atoms with van der Waals surface area (Å²) in [6.45, 7) is 2.61. The quantitative estimate of drug-likeness (QED) is 0.820. The van der Waals surface area contributed by atoms with Crippen LogP contribution in [0.4, 0.5) is 0 Å². The standard InChI is InChI=1S/C12H17NO2/c1-3-15-11-5-4-8(6-12(11)14-2)9-7-10(9)13/h4-6,9-10H,3,7,13H2,1-2H3/t9-,10+/m0/s1. The fourth-order valence-electron chi connectivity index (χ4n) is 1.79. The van der Waals surface area contributed by atoms with Crippen molar-refractivity contribution in [3.63, 3.8) is 0 Å². The summed E-state index contributed by atoms with van der Waals surface area (Å²) in [6.07, 6.45) is 1.08. The van der Waals surface area contributed by atoms with Gasteiger partial charge in [0.2, 0.25) is 0 Å². The topological polar surface area (TPSA) is 44.5 Å². The first-order valence-electron chi connectivity index (χ1n) is 5.32. The molecule has 3 heteroatoms. The number of benzene rings is 1. The summed E-state index contributed by atoms with van der Waals surface area (Å²) in [6, 6.07) is 6.39. The van der Waals surface area contributed by atoms with E-state index in [1.54, 1.807) is 7.11 Å². The van der Waals surface area contributed by atoms with Crippen molar-refractivity contribution >= 4 is 0 Å². The lowest BCUT2D eigenvalue weighted by molar-refractivity contribution is 0.310. The summed E-state index contributed by atoms with van der Waals surface area (Å²) in [5, 5.41) is 0. The fraction of sp³-hybridized carbons (Fsp3) is 0.500. The zero-order chi connectivity index (χ0) is 10.8. The van der Waals surface area contributed by atoms with E-state index < -0.39 is 0 Å². The number of hydrogen-bond donors (Lipinski definition) is 1. The van der Waals surface area contributed by atoms with Gasteiger partial charge < -0.3 is 15.2 Å². The van der Waals surface area contributed by atoms with Gasteiger partial charge in [0.05, 0.1) is 13.7 Å². The molecule has 0 heterocycles. The Bertz CT molecular complexity index is 351. The minimum atomic E-state index is 0.327. The number of rotatable bonds is 4. The predicted molar refractivity (Wildman–Crippen MR) is 59.5 cm³/mol. The van der Waals surface area contributed by atoms with E-state index in [1.807, 2.05) is 19.1 Å². The van der Waals surface area contributed by atoms with Crippen molar-refractivity contribution in [1.29, 1.82) is 0 Å². The predicted octanol–water partition coefficient (Wildman–Crippen LogP) is 1.91. The summed E-state index contributed by atoms with van der Waals surface area (Å²) in [5.41, 5.74) is 7.07. The third-order valence-corrected chi connectivity index (χ3v) is 2.76. The molecular weight excluding hydrogens is 190 g/mol. The molecule has 1 aliphatic rings. The minimum Gasteiger partial charge on any atom is -0.493 e. The van der Waals surface area contributed by atoms with Crippen molar-refractivity contribution < 1.29 is 9.47 Å². The maximum atomic E-state index is 5.81. The molecule has 0 amide bonds. The second kappa shape index (κ2) is 4.11. The van der Waals surface area contributed by atoms with Gasteiger partial charge in [-0.3, -0.25) is 0 Å². The second-order valence-electron chi connectivity index (χ2n) is 3.85. The van der Waals surface area contributed by atoms with Gasteiger partial charge in [-0.25, -0.2) is 0 Å². The molecule has 82 valence electrons. The van der Waals surface area contributed by atoms with Crippen molar-refractivity contribution in [1.82, 2.24) is 0 Å². The molecule has 0 bridgehead atoms.